The molecule has 9 nitrogen and oxygen atoms in total. The van der Waals surface area contributed by atoms with E-state index in [9.17, 15) is 8.42 Å². The molecule has 2 heterocycles. The van der Waals surface area contributed by atoms with Crippen LogP contribution < -0.4 is 25.6 Å². The Morgan fingerprint density at radius 2 is 1.97 bits per heavy atom. The fourth-order valence-electron chi connectivity index (χ4n) is 4.32. The molecule has 33 heavy (non-hydrogen) atoms. The number of sulfonamides is 1. The smallest absolute Gasteiger partial charge is 0.229 e. The van der Waals surface area contributed by atoms with Crippen LogP contribution in [0.25, 0.3) is 0 Å². The molecule has 1 fully saturated rings. The maximum absolute atomic E-state index is 11.8. The van der Waals surface area contributed by atoms with Crippen molar-refractivity contribution in [2.24, 2.45) is 0 Å². The first-order valence-corrected chi connectivity index (χ1v) is 13.1. The molecule has 1 saturated carbocycles. The van der Waals surface area contributed by atoms with Gasteiger partial charge in [0.05, 0.1) is 12.5 Å². The standard InChI is InChI=1S/C21H30ClN7O2S.ClH/c1-29-10-9-23-12-14-11-15(7-8-19(14)29)25-21-24-13-16(22)20(27-21)26-17-5-3-4-6-18(17)28-32(2,30)31;/h7-8,11,13,17-18,23,28H,3-6,9-10,12H2,1-2H3,(H2,24,25,26,27);1H/t17-,18-;/m1./s1. The second-order valence-corrected chi connectivity index (χ2v) is 10.7. The Labute approximate surface area is 206 Å². The lowest BCUT2D eigenvalue weighted by atomic mass is 9.91. The molecule has 0 radical (unpaired) electrons. The molecular weight excluding hydrogens is 485 g/mol. The van der Waals surface area contributed by atoms with Crippen LogP contribution in [0, 0.1) is 0 Å². The monoisotopic (exact) mass is 515 g/mol. The van der Waals surface area contributed by atoms with E-state index in [4.69, 9.17) is 11.6 Å². The molecule has 4 rings (SSSR count). The number of halogens is 2. The summed E-state index contributed by atoms with van der Waals surface area (Å²) in [6, 6.07) is 5.92. The van der Waals surface area contributed by atoms with Crippen molar-refractivity contribution in [2.75, 3.05) is 41.9 Å². The number of likely N-dealkylation sites (N-methyl/N-ethyl adjacent to an activating group) is 1. The van der Waals surface area contributed by atoms with Crippen LogP contribution in [0.1, 0.15) is 31.2 Å². The molecule has 4 N–H and O–H groups in total. The van der Waals surface area contributed by atoms with Gasteiger partial charge in [0.25, 0.3) is 0 Å². The summed E-state index contributed by atoms with van der Waals surface area (Å²) < 4.78 is 26.3. The summed E-state index contributed by atoms with van der Waals surface area (Å²) in [4.78, 5) is 11.1. The van der Waals surface area contributed by atoms with Crippen LogP contribution in [0.3, 0.4) is 0 Å². The van der Waals surface area contributed by atoms with Gasteiger partial charge in [0, 0.05) is 50.1 Å². The van der Waals surface area contributed by atoms with Gasteiger partial charge in [-0.25, -0.2) is 18.1 Å². The number of aromatic nitrogens is 2. The van der Waals surface area contributed by atoms with E-state index in [1.807, 2.05) is 6.07 Å². The van der Waals surface area contributed by atoms with Crippen molar-refractivity contribution in [1.82, 2.24) is 20.0 Å². The highest BCUT2D eigenvalue weighted by Gasteiger charge is 2.28. The van der Waals surface area contributed by atoms with E-state index in [0.717, 1.165) is 51.0 Å². The summed E-state index contributed by atoms with van der Waals surface area (Å²) in [6.07, 6.45) is 6.35. The Bertz CT molecular complexity index is 1070. The van der Waals surface area contributed by atoms with Crippen LogP contribution in [-0.4, -0.2) is 56.9 Å². The number of rotatable bonds is 6. The highest BCUT2D eigenvalue weighted by molar-refractivity contribution is 7.88. The van der Waals surface area contributed by atoms with Crippen molar-refractivity contribution in [3.05, 3.63) is 35.0 Å². The topological polar surface area (TPSA) is 111 Å². The molecule has 1 aromatic heterocycles. The summed E-state index contributed by atoms with van der Waals surface area (Å²) in [7, 11) is -1.21. The predicted molar refractivity (Wildman–Crippen MR) is 137 cm³/mol. The second kappa shape index (κ2) is 11.1. The van der Waals surface area contributed by atoms with Crippen molar-refractivity contribution in [3.63, 3.8) is 0 Å². The molecule has 0 bridgehead atoms. The van der Waals surface area contributed by atoms with E-state index in [1.165, 1.54) is 17.5 Å². The molecule has 1 aliphatic carbocycles. The minimum absolute atomic E-state index is 0. The van der Waals surface area contributed by atoms with Gasteiger partial charge >= 0.3 is 0 Å². The lowest BCUT2D eigenvalue weighted by molar-refractivity contribution is 0.379. The first kappa shape index (κ1) is 25.8. The van der Waals surface area contributed by atoms with Gasteiger partial charge in [0.15, 0.2) is 5.82 Å². The van der Waals surface area contributed by atoms with E-state index in [0.29, 0.717) is 16.8 Å². The predicted octanol–water partition coefficient (Wildman–Crippen LogP) is 3.11. The molecular formula is C21H31Cl2N7O2S. The van der Waals surface area contributed by atoms with Crippen molar-refractivity contribution in [2.45, 2.75) is 44.3 Å². The molecule has 2 aliphatic rings. The van der Waals surface area contributed by atoms with Crippen LogP contribution in [0.2, 0.25) is 5.02 Å². The number of nitrogens with one attached hydrogen (secondary N) is 4. The Balaban J connectivity index is 0.00000306. The molecule has 2 aromatic rings. The summed E-state index contributed by atoms with van der Waals surface area (Å²) in [5.41, 5.74) is 3.31. The molecule has 0 unspecified atom stereocenters. The fraction of sp³-hybridized carbons (Fsp3) is 0.524. The van der Waals surface area contributed by atoms with Gasteiger partial charge < -0.3 is 20.9 Å². The lowest BCUT2D eigenvalue weighted by Crippen LogP contribution is -2.48. The molecule has 12 heteroatoms. The Morgan fingerprint density at radius 3 is 2.73 bits per heavy atom. The molecule has 0 saturated heterocycles. The van der Waals surface area contributed by atoms with Gasteiger partial charge in [-0.1, -0.05) is 24.4 Å². The van der Waals surface area contributed by atoms with Crippen LogP contribution in [0.4, 0.5) is 23.1 Å². The summed E-state index contributed by atoms with van der Waals surface area (Å²) in [6.45, 7) is 2.71. The minimum Gasteiger partial charge on any atom is -0.373 e. The van der Waals surface area contributed by atoms with Crippen molar-refractivity contribution >= 4 is 57.2 Å². The van der Waals surface area contributed by atoms with Gasteiger partial charge in [-0.3, -0.25) is 0 Å². The van der Waals surface area contributed by atoms with Gasteiger partial charge in [-0.05, 0) is 36.6 Å². The minimum atomic E-state index is -3.30. The zero-order chi connectivity index (χ0) is 22.7. The summed E-state index contributed by atoms with van der Waals surface area (Å²) in [5, 5.41) is 10.4. The Kier molecular flexibility index (Phi) is 8.63. The third kappa shape index (κ3) is 6.83. The SMILES string of the molecule is CN1CCNCc2cc(Nc3ncc(Cl)c(N[C@@H]4CCCC[C@H]4NS(C)(=O)=O)n3)ccc21.Cl. The second-order valence-electron chi connectivity index (χ2n) is 8.49. The van der Waals surface area contributed by atoms with E-state index in [1.54, 1.807) is 6.20 Å². The first-order valence-electron chi connectivity index (χ1n) is 10.9. The van der Waals surface area contributed by atoms with E-state index in [-0.39, 0.29) is 24.5 Å². The Morgan fingerprint density at radius 1 is 1.21 bits per heavy atom. The van der Waals surface area contributed by atoms with E-state index in [2.05, 4.69) is 54.7 Å². The average Bonchev–Trinajstić information content (AvgIpc) is 2.92. The van der Waals surface area contributed by atoms with Crippen LogP contribution >= 0.6 is 24.0 Å². The number of nitrogens with zero attached hydrogens (tertiary/aromatic N) is 3. The van der Waals surface area contributed by atoms with Gasteiger partial charge in [-0.15, -0.1) is 12.4 Å². The Hall–Kier alpha value is -1.85. The largest absolute Gasteiger partial charge is 0.373 e. The highest BCUT2D eigenvalue weighted by atomic mass is 35.5. The zero-order valence-electron chi connectivity index (χ0n) is 18.8. The van der Waals surface area contributed by atoms with Crippen LogP contribution in [0.5, 0.6) is 0 Å². The van der Waals surface area contributed by atoms with E-state index < -0.39 is 10.0 Å². The number of fused-ring (bicyclic) bond motifs is 1. The van der Waals surface area contributed by atoms with Gasteiger partial charge in [0.2, 0.25) is 16.0 Å². The van der Waals surface area contributed by atoms with Crippen LogP contribution in [0.15, 0.2) is 24.4 Å². The van der Waals surface area contributed by atoms with Crippen molar-refractivity contribution < 1.29 is 8.42 Å². The molecule has 2 atom stereocenters. The number of anilines is 4. The maximum Gasteiger partial charge on any atom is 0.229 e. The molecule has 1 aromatic carbocycles. The van der Waals surface area contributed by atoms with Gasteiger partial charge in [-0.2, -0.15) is 4.98 Å². The number of hydrogen-bond acceptors (Lipinski definition) is 8. The quantitative estimate of drug-likeness (QED) is 0.464. The van der Waals surface area contributed by atoms with Crippen molar-refractivity contribution in [3.8, 4) is 0 Å². The molecule has 1 aliphatic heterocycles. The third-order valence-corrected chi connectivity index (χ3v) is 6.89. The normalized spacial score (nSPS) is 20.9. The molecule has 0 spiro atoms. The third-order valence-electron chi connectivity index (χ3n) is 5.88. The summed E-state index contributed by atoms with van der Waals surface area (Å²) in [5.74, 6) is 0.919. The fourth-order valence-corrected chi connectivity index (χ4v) is 5.30. The first-order chi connectivity index (χ1) is 15.3. The number of hydrogen-bond donors (Lipinski definition) is 4. The van der Waals surface area contributed by atoms with Gasteiger partial charge in [0.1, 0.15) is 5.02 Å². The van der Waals surface area contributed by atoms with Crippen molar-refractivity contribution in [1.29, 1.82) is 0 Å². The lowest BCUT2D eigenvalue weighted by Gasteiger charge is -2.32. The molecule has 0 amide bonds. The van der Waals surface area contributed by atoms with Crippen LogP contribution in [-0.2, 0) is 16.6 Å². The summed E-state index contributed by atoms with van der Waals surface area (Å²) >= 11 is 6.36. The maximum atomic E-state index is 11.8. The number of benzene rings is 1. The van der Waals surface area contributed by atoms with E-state index >= 15 is 0 Å². The molecule has 182 valence electrons. The zero-order valence-corrected chi connectivity index (χ0v) is 21.2. The highest BCUT2D eigenvalue weighted by Crippen LogP contribution is 2.29. The average molecular weight is 516 g/mol.